The van der Waals surface area contributed by atoms with Crippen molar-refractivity contribution in [2.45, 2.75) is 26.3 Å². The number of carbonyl (C=O) groups excluding carboxylic acids is 1. The number of hydrogen-bond acceptors (Lipinski definition) is 3. The van der Waals surface area contributed by atoms with Crippen LogP contribution >= 0.6 is 0 Å². The number of carbonyl (C=O) groups is 2. The van der Waals surface area contributed by atoms with Crippen molar-refractivity contribution in [3.8, 4) is 0 Å². The summed E-state index contributed by atoms with van der Waals surface area (Å²) in [4.78, 5) is 21.2. The molecule has 0 radical (unpaired) electrons. The fourth-order valence-electron chi connectivity index (χ4n) is 0.744. The van der Waals surface area contributed by atoms with Gasteiger partial charge in [-0.15, -0.1) is 0 Å². The maximum Gasteiger partial charge on any atom is 0.329 e. The second-order valence-corrected chi connectivity index (χ2v) is 3.85. The zero-order chi connectivity index (χ0) is 11.2. The van der Waals surface area contributed by atoms with E-state index in [1.165, 1.54) is 6.20 Å². The molecule has 0 atom stereocenters. The van der Waals surface area contributed by atoms with Gasteiger partial charge in [0.1, 0.15) is 0 Å². The summed E-state index contributed by atoms with van der Waals surface area (Å²) in [5.41, 5.74) is -0.269. The molecule has 0 fully saturated rings. The summed E-state index contributed by atoms with van der Waals surface area (Å²) in [5.74, 6) is -1.22. The minimum absolute atomic E-state index is 0.0705. The summed E-state index contributed by atoms with van der Waals surface area (Å²) < 4.78 is 0. The van der Waals surface area contributed by atoms with Crippen molar-refractivity contribution in [1.82, 2.24) is 10.6 Å². The zero-order valence-electron chi connectivity index (χ0n) is 8.63. The highest BCUT2D eigenvalue weighted by molar-refractivity contribution is 5.80. The molecule has 0 aliphatic carbocycles. The molecular weight excluding hydrogens is 184 g/mol. The van der Waals surface area contributed by atoms with Crippen LogP contribution in [0.25, 0.3) is 0 Å². The molecule has 0 aromatic rings. The van der Waals surface area contributed by atoms with Crippen LogP contribution in [0.15, 0.2) is 12.3 Å². The predicted molar refractivity (Wildman–Crippen MR) is 52.7 cm³/mol. The third kappa shape index (κ3) is 8.58. The Labute approximate surface area is 83.2 Å². The summed E-state index contributed by atoms with van der Waals surface area (Å²) >= 11 is 0. The molecule has 0 saturated heterocycles. The first-order valence-electron chi connectivity index (χ1n) is 4.25. The van der Waals surface area contributed by atoms with Crippen molar-refractivity contribution >= 4 is 11.9 Å². The molecule has 0 aromatic heterocycles. The summed E-state index contributed by atoms with van der Waals surface area (Å²) in [7, 11) is 0. The van der Waals surface area contributed by atoms with Crippen LogP contribution in [0.4, 0.5) is 0 Å². The van der Waals surface area contributed by atoms with E-state index < -0.39 is 5.97 Å². The van der Waals surface area contributed by atoms with Crippen LogP contribution in [0, 0.1) is 0 Å². The first kappa shape index (κ1) is 12.5. The van der Waals surface area contributed by atoms with E-state index >= 15 is 0 Å². The molecule has 0 aliphatic heterocycles. The fourth-order valence-corrected chi connectivity index (χ4v) is 0.744. The van der Waals surface area contributed by atoms with Crippen molar-refractivity contribution in [3.05, 3.63) is 12.3 Å². The van der Waals surface area contributed by atoms with Crippen LogP contribution < -0.4 is 10.6 Å². The largest absolute Gasteiger partial charge is 0.478 e. The molecule has 0 unspecified atom stereocenters. The van der Waals surface area contributed by atoms with E-state index in [-0.39, 0.29) is 18.0 Å². The zero-order valence-corrected chi connectivity index (χ0v) is 8.63. The molecule has 0 aromatic carbocycles. The van der Waals surface area contributed by atoms with Gasteiger partial charge in [0.05, 0.1) is 6.54 Å². The SMILES string of the molecule is CC(C)(C)NC(=O)CN/C=C/C(=O)O. The van der Waals surface area contributed by atoms with Gasteiger partial charge in [-0.1, -0.05) is 0 Å². The summed E-state index contributed by atoms with van der Waals surface area (Å²) in [6, 6.07) is 0. The van der Waals surface area contributed by atoms with Gasteiger partial charge >= 0.3 is 5.97 Å². The summed E-state index contributed by atoms with van der Waals surface area (Å²) in [5, 5.41) is 13.5. The highest BCUT2D eigenvalue weighted by Crippen LogP contribution is 1.96. The van der Waals surface area contributed by atoms with Crippen molar-refractivity contribution in [1.29, 1.82) is 0 Å². The Morgan fingerprint density at radius 1 is 1.36 bits per heavy atom. The first-order valence-corrected chi connectivity index (χ1v) is 4.25. The average molecular weight is 200 g/mol. The second-order valence-electron chi connectivity index (χ2n) is 3.85. The molecule has 14 heavy (non-hydrogen) atoms. The molecule has 80 valence electrons. The van der Waals surface area contributed by atoms with Gasteiger partial charge in [-0.25, -0.2) is 4.79 Å². The maximum atomic E-state index is 11.1. The molecular formula is C9H16N2O3. The number of carboxylic acids is 1. The molecule has 0 aliphatic rings. The van der Waals surface area contributed by atoms with Gasteiger partial charge in [0, 0.05) is 17.8 Å². The van der Waals surface area contributed by atoms with E-state index in [0.29, 0.717) is 0 Å². The molecule has 5 nitrogen and oxygen atoms in total. The predicted octanol–water partition coefficient (Wildman–Crippen LogP) is 0.0890. The van der Waals surface area contributed by atoms with Gasteiger partial charge in [-0.2, -0.15) is 0 Å². The summed E-state index contributed by atoms with van der Waals surface area (Å²) in [6.45, 7) is 5.69. The highest BCUT2D eigenvalue weighted by atomic mass is 16.4. The van der Waals surface area contributed by atoms with Crippen molar-refractivity contribution in [3.63, 3.8) is 0 Å². The lowest BCUT2D eigenvalue weighted by Gasteiger charge is -2.20. The average Bonchev–Trinajstić information content (AvgIpc) is 1.94. The van der Waals surface area contributed by atoms with Crippen LogP contribution in [0.2, 0.25) is 0 Å². The quantitative estimate of drug-likeness (QED) is 0.562. The Morgan fingerprint density at radius 2 is 1.93 bits per heavy atom. The molecule has 1 amide bonds. The van der Waals surface area contributed by atoms with Crippen LogP contribution in [0.5, 0.6) is 0 Å². The number of hydrogen-bond donors (Lipinski definition) is 3. The smallest absolute Gasteiger partial charge is 0.329 e. The molecule has 0 bridgehead atoms. The molecule has 0 spiro atoms. The van der Waals surface area contributed by atoms with E-state index in [9.17, 15) is 9.59 Å². The third-order valence-electron chi connectivity index (χ3n) is 1.12. The Bertz CT molecular complexity index is 241. The van der Waals surface area contributed by atoms with Crippen LogP contribution in [0.3, 0.4) is 0 Å². The van der Waals surface area contributed by atoms with Gasteiger partial charge < -0.3 is 15.7 Å². The van der Waals surface area contributed by atoms with Gasteiger partial charge in [-0.05, 0) is 20.8 Å². The normalized spacial score (nSPS) is 11.4. The minimum Gasteiger partial charge on any atom is -0.478 e. The third-order valence-corrected chi connectivity index (χ3v) is 1.12. The molecule has 0 heterocycles. The lowest BCUT2D eigenvalue weighted by atomic mass is 10.1. The Kier molecular flexibility index (Phi) is 4.69. The van der Waals surface area contributed by atoms with E-state index in [4.69, 9.17) is 5.11 Å². The van der Waals surface area contributed by atoms with Crippen LogP contribution in [-0.4, -0.2) is 29.1 Å². The summed E-state index contributed by atoms with van der Waals surface area (Å²) in [6.07, 6.45) is 2.16. The lowest BCUT2D eigenvalue weighted by Crippen LogP contribution is -2.44. The van der Waals surface area contributed by atoms with Crippen LogP contribution in [0.1, 0.15) is 20.8 Å². The maximum absolute atomic E-state index is 11.1. The van der Waals surface area contributed by atoms with E-state index in [0.717, 1.165) is 6.08 Å². The second kappa shape index (κ2) is 5.26. The van der Waals surface area contributed by atoms with Gasteiger partial charge in [-0.3, -0.25) is 4.79 Å². The molecule has 3 N–H and O–H groups in total. The Morgan fingerprint density at radius 3 is 2.36 bits per heavy atom. The minimum atomic E-state index is -1.05. The molecule has 5 heteroatoms. The lowest BCUT2D eigenvalue weighted by molar-refractivity contribution is -0.131. The van der Waals surface area contributed by atoms with Crippen molar-refractivity contribution < 1.29 is 14.7 Å². The van der Waals surface area contributed by atoms with Gasteiger partial charge in [0.15, 0.2) is 0 Å². The Balaban J connectivity index is 3.71. The van der Waals surface area contributed by atoms with Crippen molar-refractivity contribution in [2.75, 3.05) is 6.54 Å². The van der Waals surface area contributed by atoms with Crippen LogP contribution in [-0.2, 0) is 9.59 Å². The standard InChI is InChI=1S/C9H16N2O3/c1-9(2,3)11-7(12)6-10-5-4-8(13)14/h4-5,10H,6H2,1-3H3,(H,11,12)(H,13,14)/b5-4+. The number of rotatable bonds is 4. The highest BCUT2D eigenvalue weighted by Gasteiger charge is 2.12. The van der Waals surface area contributed by atoms with Gasteiger partial charge in [0.2, 0.25) is 5.91 Å². The van der Waals surface area contributed by atoms with Crippen molar-refractivity contribution in [2.24, 2.45) is 0 Å². The number of amides is 1. The number of carboxylic acid groups (broad SMARTS) is 1. The van der Waals surface area contributed by atoms with Gasteiger partial charge in [0.25, 0.3) is 0 Å². The topological polar surface area (TPSA) is 78.4 Å². The monoisotopic (exact) mass is 200 g/mol. The Hall–Kier alpha value is -1.52. The molecule has 0 rings (SSSR count). The van der Waals surface area contributed by atoms with E-state index in [1.807, 2.05) is 20.8 Å². The molecule has 0 saturated carbocycles. The van der Waals surface area contributed by atoms with E-state index in [2.05, 4.69) is 10.6 Å². The number of nitrogens with one attached hydrogen (secondary N) is 2. The fraction of sp³-hybridized carbons (Fsp3) is 0.556. The first-order chi connectivity index (χ1) is 6.31. The van der Waals surface area contributed by atoms with E-state index in [1.54, 1.807) is 0 Å². The number of aliphatic carboxylic acids is 1.